The highest BCUT2D eigenvalue weighted by atomic mass is 19.2. The Morgan fingerprint density at radius 3 is 2.24 bits per heavy atom. The van der Waals surface area contributed by atoms with Gasteiger partial charge < -0.3 is 4.40 Å². The van der Waals surface area contributed by atoms with Gasteiger partial charge in [0.25, 0.3) is 0 Å². The molecule has 0 fully saturated rings. The molecule has 0 N–H and O–H groups in total. The summed E-state index contributed by atoms with van der Waals surface area (Å²) in [6.45, 7) is 0. The van der Waals surface area contributed by atoms with Gasteiger partial charge in [0.1, 0.15) is 0 Å². The van der Waals surface area contributed by atoms with Crippen LogP contribution in [0.4, 0.5) is 8.78 Å². The summed E-state index contributed by atoms with van der Waals surface area (Å²) in [5.41, 5.74) is 2.72. The number of hydrogen-bond donors (Lipinski definition) is 0. The first-order chi connectivity index (χ1) is 10.2. The van der Waals surface area contributed by atoms with Crippen LogP contribution in [0, 0.1) is 11.6 Å². The molecule has 0 amide bonds. The van der Waals surface area contributed by atoms with Crippen LogP contribution < -0.4 is 0 Å². The van der Waals surface area contributed by atoms with Crippen LogP contribution in [0.2, 0.25) is 0 Å². The van der Waals surface area contributed by atoms with Gasteiger partial charge in [0, 0.05) is 23.3 Å². The summed E-state index contributed by atoms with van der Waals surface area (Å²) in [6, 6.07) is 16.1. The molecule has 2 aromatic heterocycles. The molecule has 3 heteroatoms. The summed E-state index contributed by atoms with van der Waals surface area (Å²) >= 11 is 0. The zero-order chi connectivity index (χ0) is 14.4. The van der Waals surface area contributed by atoms with Crippen molar-refractivity contribution in [3.63, 3.8) is 0 Å². The van der Waals surface area contributed by atoms with Gasteiger partial charge in [-0.15, -0.1) is 0 Å². The van der Waals surface area contributed by atoms with Crippen molar-refractivity contribution in [2.24, 2.45) is 0 Å². The fraction of sp³-hybridized carbons (Fsp3) is 0. The lowest BCUT2D eigenvalue weighted by Crippen LogP contribution is -1.92. The van der Waals surface area contributed by atoms with E-state index in [1.54, 1.807) is 0 Å². The molecule has 0 radical (unpaired) electrons. The molecule has 0 aliphatic rings. The van der Waals surface area contributed by atoms with E-state index in [9.17, 15) is 8.78 Å². The second-order valence-electron chi connectivity index (χ2n) is 5.02. The number of aromatic nitrogens is 1. The van der Waals surface area contributed by atoms with E-state index in [0.29, 0.717) is 10.8 Å². The molecule has 0 atom stereocenters. The molecule has 0 aliphatic carbocycles. The number of rotatable bonds is 1. The van der Waals surface area contributed by atoms with Gasteiger partial charge in [-0.05, 0) is 35.2 Å². The van der Waals surface area contributed by atoms with E-state index < -0.39 is 11.6 Å². The summed E-state index contributed by atoms with van der Waals surface area (Å²) in [6.07, 6.45) is 3.85. The Labute approximate surface area is 120 Å². The highest BCUT2D eigenvalue weighted by Gasteiger charge is 2.12. The molecule has 0 spiro atoms. The van der Waals surface area contributed by atoms with Crippen LogP contribution >= 0.6 is 0 Å². The molecule has 2 aromatic carbocycles. The van der Waals surface area contributed by atoms with Crippen molar-refractivity contribution in [1.29, 1.82) is 0 Å². The Morgan fingerprint density at radius 1 is 0.762 bits per heavy atom. The molecule has 4 aromatic rings. The van der Waals surface area contributed by atoms with E-state index in [4.69, 9.17) is 0 Å². The molecule has 102 valence electrons. The Kier molecular flexibility index (Phi) is 2.54. The molecule has 4 rings (SSSR count). The average molecular weight is 279 g/mol. The largest absolute Gasteiger partial charge is 0.323 e. The van der Waals surface area contributed by atoms with E-state index in [2.05, 4.69) is 0 Å². The Morgan fingerprint density at radius 2 is 1.48 bits per heavy atom. The summed E-state index contributed by atoms with van der Waals surface area (Å²) in [5.74, 6) is -1.65. The van der Waals surface area contributed by atoms with Gasteiger partial charge in [-0.1, -0.05) is 30.3 Å². The second kappa shape index (κ2) is 4.42. The van der Waals surface area contributed by atoms with Crippen molar-refractivity contribution < 1.29 is 8.78 Å². The number of benzene rings is 2. The maximum atomic E-state index is 13.7. The fourth-order valence-corrected chi connectivity index (χ4v) is 2.77. The molecule has 0 bridgehead atoms. The minimum atomic E-state index is -0.824. The van der Waals surface area contributed by atoms with Crippen LogP contribution in [-0.4, -0.2) is 4.40 Å². The third-order valence-electron chi connectivity index (χ3n) is 3.76. The van der Waals surface area contributed by atoms with Crippen molar-refractivity contribution in [1.82, 2.24) is 4.40 Å². The molecule has 0 saturated carbocycles. The Hall–Kier alpha value is -2.68. The highest BCUT2D eigenvalue weighted by molar-refractivity contribution is 6.04. The van der Waals surface area contributed by atoms with Gasteiger partial charge in [0.05, 0.1) is 5.52 Å². The molecule has 0 saturated heterocycles. The zero-order valence-electron chi connectivity index (χ0n) is 11.1. The predicted molar refractivity (Wildman–Crippen MR) is 80.3 cm³/mol. The minimum absolute atomic E-state index is 0.709. The number of halogens is 2. The molecule has 21 heavy (non-hydrogen) atoms. The lowest BCUT2D eigenvalue weighted by Gasteiger charge is -2.10. The van der Waals surface area contributed by atoms with Gasteiger partial charge in [-0.25, -0.2) is 8.78 Å². The first kappa shape index (κ1) is 12.1. The van der Waals surface area contributed by atoms with Gasteiger partial charge in [-0.2, -0.15) is 0 Å². The van der Waals surface area contributed by atoms with E-state index in [0.717, 1.165) is 16.6 Å². The molecular formula is C18H11F2N. The summed E-state index contributed by atoms with van der Waals surface area (Å²) in [5, 5.41) is 1.42. The molecule has 2 heterocycles. The second-order valence-corrected chi connectivity index (χ2v) is 5.02. The monoisotopic (exact) mass is 279 g/mol. The summed E-state index contributed by atoms with van der Waals surface area (Å²) in [7, 11) is 0. The van der Waals surface area contributed by atoms with E-state index in [1.165, 1.54) is 12.1 Å². The van der Waals surface area contributed by atoms with Crippen LogP contribution in [0.15, 0.2) is 67.0 Å². The van der Waals surface area contributed by atoms with Crippen molar-refractivity contribution in [3.05, 3.63) is 78.6 Å². The first-order valence-electron chi connectivity index (χ1n) is 6.68. The van der Waals surface area contributed by atoms with Gasteiger partial charge in [-0.3, -0.25) is 0 Å². The van der Waals surface area contributed by atoms with Crippen molar-refractivity contribution in [3.8, 4) is 11.1 Å². The van der Waals surface area contributed by atoms with Crippen LogP contribution in [0.1, 0.15) is 0 Å². The van der Waals surface area contributed by atoms with Crippen LogP contribution in [0.5, 0.6) is 0 Å². The van der Waals surface area contributed by atoms with Gasteiger partial charge in [0.2, 0.25) is 0 Å². The fourth-order valence-electron chi connectivity index (χ4n) is 2.77. The SMILES string of the molecule is Fc1cc2c(-c3ccccc3)cn3cccc3c2cc1F. The predicted octanol–water partition coefficient (Wildman–Crippen LogP) is 5.04. The number of hydrogen-bond acceptors (Lipinski definition) is 0. The van der Waals surface area contributed by atoms with Crippen LogP contribution in [-0.2, 0) is 0 Å². The topological polar surface area (TPSA) is 4.41 Å². The Bertz CT molecular complexity index is 955. The zero-order valence-corrected chi connectivity index (χ0v) is 11.1. The molecule has 0 unspecified atom stereocenters. The van der Waals surface area contributed by atoms with E-state index in [1.807, 2.05) is 59.3 Å². The lowest BCUT2D eigenvalue weighted by atomic mass is 9.99. The molecule has 0 aliphatic heterocycles. The number of fused-ring (bicyclic) bond motifs is 3. The van der Waals surface area contributed by atoms with Crippen molar-refractivity contribution >= 4 is 16.3 Å². The van der Waals surface area contributed by atoms with Crippen LogP contribution in [0.25, 0.3) is 27.4 Å². The third kappa shape index (κ3) is 1.82. The maximum absolute atomic E-state index is 13.7. The average Bonchev–Trinajstić information content (AvgIpc) is 2.97. The van der Waals surface area contributed by atoms with Crippen LogP contribution in [0.3, 0.4) is 0 Å². The number of nitrogens with zero attached hydrogens (tertiary/aromatic N) is 1. The minimum Gasteiger partial charge on any atom is -0.323 e. The maximum Gasteiger partial charge on any atom is 0.159 e. The lowest BCUT2D eigenvalue weighted by molar-refractivity contribution is 0.511. The van der Waals surface area contributed by atoms with Gasteiger partial charge >= 0.3 is 0 Å². The summed E-state index contributed by atoms with van der Waals surface area (Å²) < 4.78 is 29.3. The summed E-state index contributed by atoms with van der Waals surface area (Å²) in [4.78, 5) is 0. The van der Waals surface area contributed by atoms with E-state index in [-0.39, 0.29) is 0 Å². The Balaban J connectivity index is 2.20. The van der Waals surface area contributed by atoms with Crippen molar-refractivity contribution in [2.75, 3.05) is 0 Å². The number of pyridine rings is 1. The normalized spacial score (nSPS) is 11.3. The molecular weight excluding hydrogens is 268 g/mol. The van der Waals surface area contributed by atoms with E-state index >= 15 is 0 Å². The van der Waals surface area contributed by atoms with Gasteiger partial charge in [0.15, 0.2) is 11.6 Å². The van der Waals surface area contributed by atoms with Crippen molar-refractivity contribution in [2.45, 2.75) is 0 Å². The standard InChI is InChI=1S/C18H11F2N/c19-16-9-13-14(10-17(16)20)18-7-4-8-21(18)11-15(13)12-5-2-1-3-6-12/h1-11H. The third-order valence-corrected chi connectivity index (χ3v) is 3.76. The smallest absolute Gasteiger partial charge is 0.159 e. The quantitative estimate of drug-likeness (QED) is 0.460. The first-order valence-corrected chi connectivity index (χ1v) is 6.68. The highest BCUT2D eigenvalue weighted by Crippen LogP contribution is 2.32. The molecule has 1 nitrogen and oxygen atoms in total.